The van der Waals surface area contributed by atoms with Crippen molar-refractivity contribution < 1.29 is 9.59 Å². The molecule has 0 N–H and O–H groups in total. The van der Waals surface area contributed by atoms with Gasteiger partial charge in [0.1, 0.15) is 0 Å². The fourth-order valence-corrected chi connectivity index (χ4v) is 16.8. The van der Waals surface area contributed by atoms with E-state index in [0.29, 0.717) is 12.8 Å². The van der Waals surface area contributed by atoms with Gasteiger partial charge in [0, 0.05) is 0 Å². The van der Waals surface area contributed by atoms with Crippen LogP contribution in [0.3, 0.4) is 0 Å². The number of benzene rings is 2. The Bertz CT molecular complexity index is 674. The number of carbonyl (C=O) groups excluding carboxylic acids is 2. The fraction of sp³-hybridized carbons (Fsp3) is 0.462. The summed E-state index contributed by atoms with van der Waals surface area (Å²) in [5.41, 5.74) is 0. The average molecular weight is 499 g/mol. The van der Waals surface area contributed by atoms with Gasteiger partial charge in [-0.3, -0.25) is 0 Å². The second-order valence-electron chi connectivity index (χ2n) is 7.95. The average Bonchev–Trinajstić information content (AvgIpc) is 2.76. The first kappa shape index (κ1) is 23.9. The van der Waals surface area contributed by atoms with Gasteiger partial charge in [0.05, 0.1) is 0 Å². The molecule has 2 nitrogen and oxygen atoms in total. The van der Waals surface area contributed by atoms with E-state index < -0.39 is 18.4 Å². The van der Waals surface area contributed by atoms with E-state index in [2.05, 4.69) is 13.8 Å². The fourth-order valence-electron chi connectivity index (χ4n) is 4.14. The Hall–Kier alpha value is -1.42. The molecule has 3 heteroatoms. The van der Waals surface area contributed by atoms with Crippen molar-refractivity contribution in [3.05, 3.63) is 60.7 Å². The number of hydrogen-bond acceptors (Lipinski definition) is 2. The molecule has 156 valence electrons. The summed E-state index contributed by atoms with van der Waals surface area (Å²) in [6.07, 6.45) is 9.61. The van der Waals surface area contributed by atoms with Crippen LogP contribution in [0.1, 0.15) is 78.1 Å². The van der Waals surface area contributed by atoms with E-state index in [1.807, 2.05) is 60.7 Å². The molecule has 0 saturated heterocycles. The van der Waals surface area contributed by atoms with Crippen LogP contribution >= 0.6 is 0 Å². The molecular weight excluding hydrogens is 463 g/mol. The maximum atomic E-state index is 13.8. The Morgan fingerprint density at radius 2 is 0.966 bits per heavy atom. The Balaban J connectivity index is 2.44. The van der Waals surface area contributed by atoms with Crippen LogP contribution in [0, 0.1) is 0 Å². The van der Waals surface area contributed by atoms with E-state index in [1.54, 1.807) is 0 Å². The monoisotopic (exact) mass is 500 g/mol. The first-order valence-electron chi connectivity index (χ1n) is 11.4. The molecule has 0 aliphatic rings. The zero-order valence-corrected chi connectivity index (χ0v) is 21.0. The van der Waals surface area contributed by atoms with Gasteiger partial charge in [-0.05, 0) is 0 Å². The van der Waals surface area contributed by atoms with Gasteiger partial charge in [-0.15, -0.1) is 0 Å². The van der Waals surface area contributed by atoms with Crippen molar-refractivity contribution in [3.63, 3.8) is 0 Å². The van der Waals surface area contributed by atoms with Gasteiger partial charge >= 0.3 is 181 Å². The molecule has 0 aliphatic heterocycles. The van der Waals surface area contributed by atoms with Gasteiger partial charge in [0.15, 0.2) is 0 Å². The molecule has 2 aromatic rings. The van der Waals surface area contributed by atoms with Crippen molar-refractivity contribution >= 4 is 33.1 Å². The van der Waals surface area contributed by atoms with E-state index in [-0.39, 0.29) is 7.60 Å². The van der Waals surface area contributed by atoms with Gasteiger partial charge < -0.3 is 0 Å². The summed E-state index contributed by atoms with van der Waals surface area (Å²) >= 11 is -4.16. The van der Waals surface area contributed by atoms with E-state index in [9.17, 15) is 9.59 Å². The minimum absolute atomic E-state index is 0.258. The van der Waals surface area contributed by atoms with Gasteiger partial charge in [-0.25, -0.2) is 0 Å². The van der Waals surface area contributed by atoms with Crippen molar-refractivity contribution in [2.75, 3.05) is 0 Å². The minimum atomic E-state index is -4.16. The SMILES string of the molecule is CCCCCC[C](=O)[Sn]([C](=O)CCCCCC)([c]1ccccc1)[c]1ccccc1. The summed E-state index contributed by atoms with van der Waals surface area (Å²) in [5, 5.41) is 0. The molecular formula is C26H36O2Sn. The third kappa shape index (κ3) is 6.28. The van der Waals surface area contributed by atoms with Crippen LogP contribution in [0.2, 0.25) is 0 Å². The molecule has 29 heavy (non-hydrogen) atoms. The molecule has 0 spiro atoms. The summed E-state index contributed by atoms with van der Waals surface area (Å²) in [5.74, 6) is 0. The number of carbonyl (C=O) groups is 2. The van der Waals surface area contributed by atoms with Crippen molar-refractivity contribution in [1.29, 1.82) is 0 Å². The Morgan fingerprint density at radius 1 is 0.586 bits per heavy atom. The summed E-state index contributed by atoms with van der Waals surface area (Å²) < 4.78 is 2.56. The van der Waals surface area contributed by atoms with E-state index in [0.717, 1.165) is 58.5 Å². The summed E-state index contributed by atoms with van der Waals surface area (Å²) in [6.45, 7) is 4.36. The molecule has 0 unspecified atom stereocenters. The van der Waals surface area contributed by atoms with Crippen LogP contribution in [-0.4, -0.2) is 26.0 Å². The maximum absolute atomic E-state index is 13.8. The molecule has 0 amide bonds. The molecule has 2 rings (SSSR count). The zero-order chi connectivity index (χ0) is 21.0. The summed E-state index contributed by atoms with van der Waals surface area (Å²) in [4.78, 5) is 27.7. The van der Waals surface area contributed by atoms with Crippen LogP contribution < -0.4 is 7.16 Å². The third-order valence-corrected chi connectivity index (χ3v) is 18.8. The van der Waals surface area contributed by atoms with E-state index in [1.165, 1.54) is 0 Å². The standard InChI is InChI=1S/2C7H13O.2C6H5.Sn/c2*1-2-3-4-5-6-7-8;2*1-2-4-6-5-3-1;/h2*2-6H2,1H3;2*1-5H;. The van der Waals surface area contributed by atoms with E-state index in [4.69, 9.17) is 0 Å². The number of rotatable bonds is 14. The number of unbranched alkanes of at least 4 members (excludes halogenated alkanes) is 6. The van der Waals surface area contributed by atoms with Crippen LogP contribution in [0.25, 0.3) is 0 Å². The van der Waals surface area contributed by atoms with Crippen molar-refractivity contribution in [2.45, 2.75) is 78.1 Å². The first-order valence-corrected chi connectivity index (χ1v) is 17.1. The van der Waals surface area contributed by atoms with Crippen LogP contribution in [0.4, 0.5) is 0 Å². The van der Waals surface area contributed by atoms with Crippen molar-refractivity contribution in [2.24, 2.45) is 0 Å². The van der Waals surface area contributed by atoms with Crippen molar-refractivity contribution in [1.82, 2.24) is 0 Å². The normalized spacial score (nSPS) is 11.4. The Labute approximate surface area is 181 Å². The Morgan fingerprint density at radius 3 is 1.31 bits per heavy atom. The van der Waals surface area contributed by atoms with Crippen LogP contribution in [0.5, 0.6) is 0 Å². The van der Waals surface area contributed by atoms with E-state index >= 15 is 0 Å². The quantitative estimate of drug-likeness (QED) is 0.258. The first-order chi connectivity index (χ1) is 14.2. The van der Waals surface area contributed by atoms with Crippen molar-refractivity contribution in [3.8, 4) is 0 Å². The molecule has 0 atom stereocenters. The molecule has 2 aromatic carbocycles. The van der Waals surface area contributed by atoms with Crippen LogP contribution in [-0.2, 0) is 9.59 Å². The predicted octanol–water partition coefficient (Wildman–Crippen LogP) is 5.41. The topological polar surface area (TPSA) is 34.1 Å². The van der Waals surface area contributed by atoms with Gasteiger partial charge in [-0.1, -0.05) is 0 Å². The second-order valence-corrected chi connectivity index (χ2v) is 18.7. The van der Waals surface area contributed by atoms with Gasteiger partial charge in [-0.2, -0.15) is 0 Å². The molecule has 0 aromatic heterocycles. The molecule has 0 fully saturated rings. The molecule has 0 aliphatic carbocycles. The summed E-state index contributed by atoms with van der Waals surface area (Å²) in [6, 6.07) is 20.0. The molecule has 0 bridgehead atoms. The molecule has 0 heterocycles. The summed E-state index contributed by atoms with van der Waals surface area (Å²) in [7, 11) is 0. The molecule has 0 radical (unpaired) electrons. The zero-order valence-electron chi connectivity index (χ0n) is 18.2. The molecule has 0 saturated carbocycles. The Kier molecular flexibility index (Phi) is 10.7. The second kappa shape index (κ2) is 13.0. The number of hydrogen-bond donors (Lipinski definition) is 0. The van der Waals surface area contributed by atoms with Crippen LogP contribution in [0.15, 0.2) is 60.7 Å². The third-order valence-electron chi connectivity index (χ3n) is 5.76. The van der Waals surface area contributed by atoms with Gasteiger partial charge in [0.25, 0.3) is 0 Å². The predicted molar refractivity (Wildman–Crippen MR) is 125 cm³/mol. The van der Waals surface area contributed by atoms with Gasteiger partial charge in [0.2, 0.25) is 0 Å².